The van der Waals surface area contributed by atoms with Gasteiger partial charge in [0.05, 0.1) is 12.3 Å². The van der Waals surface area contributed by atoms with Crippen molar-refractivity contribution >= 4 is 15.9 Å². The molecule has 1 aliphatic rings. The van der Waals surface area contributed by atoms with Crippen LogP contribution in [-0.4, -0.2) is 57.1 Å². The molecule has 0 atom stereocenters. The van der Waals surface area contributed by atoms with Crippen LogP contribution in [0, 0.1) is 0 Å². The van der Waals surface area contributed by atoms with Crippen LogP contribution in [0.2, 0.25) is 0 Å². The van der Waals surface area contributed by atoms with Gasteiger partial charge in [0.15, 0.2) is 0 Å². The van der Waals surface area contributed by atoms with Crippen LogP contribution in [0.1, 0.15) is 19.8 Å². The molecule has 0 aromatic carbocycles. The van der Waals surface area contributed by atoms with E-state index in [9.17, 15) is 13.2 Å². The van der Waals surface area contributed by atoms with E-state index in [1.165, 1.54) is 4.31 Å². The van der Waals surface area contributed by atoms with E-state index in [-0.39, 0.29) is 18.2 Å². The fraction of sp³-hybridized carbons (Fsp3) is 0.900. The highest BCUT2D eigenvalue weighted by Crippen LogP contribution is 2.11. The van der Waals surface area contributed by atoms with Crippen molar-refractivity contribution < 1.29 is 13.2 Å². The molecule has 0 bridgehead atoms. The molecule has 0 aliphatic carbocycles. The van der Waals surface area contributed by atoms with Crippen LogP contribution in [0.3, 0.4) is 0 Å². The molecule has 1 fully saturated rings. The molecular formula is C10H21N3O3S. The molecular weight excluding hydrogens is 242 g/mol. The smallest absolute Gasteiger partial charge is 0.235 e. The third-order valence-electron chi connectivity index (χ3n) is 2.57. The Kier molecular flexibility index (Phi) is 5.87. The molecule has 1 amide bonds. The van der Waals surface area contributed by atoms with Crippen molar-refractivity contribution in [3.8, 4) is 0 Å². The largest absolute Gasteiger partial charge is 0.354 e. The number of sulfonamides is 1. The molecule has 0 saturated carbocycles. The van der Waals surface area contributed by atoms with Crippen LogP contribution < -0.4 is 10.6 Å². The lowest BCUT2D eigenvalue weighted by molar-refractivity contribution is -0.121. The van der Waals surface area contributed by atoms with Gasteiger partial charge in [0, 0.05) is 19.6 Å². The monoisotopic (exact) mass is 263 g/mol. The topological polar surface area (TPSA) is 78.5 Å². The fourth-order valence-electron chi connectivity index (χ4n) is 1.68. The normalized spacial score (nSPS) is 19.4. The zero-order chi connectivity index (χ0) is 12.7. The summed E-state index contributed by atoms with van der Waals surface area (Å²) >= 11 is 0. The van der Waals surface area contributed by atoms with Gasteiger partial charge in [-0.3, -0.25) is 4.79 Å². The van der Waals surface area contributed by atoms with Crippen LogP contribution in [0.15, 0.2) is 0 Å². The maximum atomic E-state index is 11.5. The molecule has 0 aromatic heterocycles. The van der Waals surface area contributed by atoms with Gasteiger partial charge in [-0.15, -0.1) is 0 Å². The number of hydrogen-bond acceptors (Lipinski definition) is 4. The van der Waals surface area contributed by atoms with Gasteiger partial charge in [0.1, 0.15) is 0 Å². The third-order valence-corrected chi connectivity index (χ3v) is 4.48. The average Bonchev–Trinajstić information content (AvgIpc) is 2.58. The Labute approximate surface area is 103 Å². The zero-order valence-corrected chi connectivity index (χ0v) is 11.1. The number of rotatable bonds is 7. The van der Waals surface area contributed by atoms with Crippen molar-refractivity contribution in [2.24, 2.45) is 0 Å². The summed E-state index contributed by atoms with van der Waals surface area (Å²) in [5, 5.41) is 5.85. The van der Waals surface area contributed by atoms with Crippen LogP contribution >= 0.6 is 0 Å². The minimum absolute atomic E-state index is 0.0455. The number of nitrogens with zero attached hydrogens (tertiary/aromatic N) is 1. The van der Waals surface area contributed by atoms with Crippen molar-refractivity contribution in [3.63, 3.8) is 0 Å². The highest BCUT2D eigenvalue weighted by atomic mass is 32.2. The molecule has 0 aromatic rings. The second kappa shape index (κ2) is 6.93. The molecule has 100 valence electrons. The highest BCUT2D eigenvalue weighted by molar-refractivity contribution is 7.89. The maximum absolute atomic E-state index is 11.5. The van der Waals surface area contributed by atoms with Crippen LogP contribution in [-0.2, 0) is 14.8 Å². The Morgan fingerprint density at radius 1 is 1.29 bits per heavy atom. The van der Waals surface area contributed by atoms with Crippen molar-refractivity contribution in [2.75, 3.05) is 38.5 Å². The lowest BCUT2D eigenvalue weighted by Gasteiger charge is -2.13. The number of carbonyl (C=O) groups excluding carboxylic acids is 1. The van der Waals surface area contributed by atoms with Crippen molar-refractivity contribution in [1.82, 2.24) is 14.9 Å². The quantitative estimate of drug-likeness (QED) is 0.586. The van der Waals surface area contributed by atoms with E-state index < -0.39 is 10.0 Å². The van der Waals surface area contributed by atoms with Gasteiger partial charge in [-0.25, -0.2) is 8.42 Å². The standard InChI is InChI=1S/C10H21N3O3S/c1-2-4-11-5-6-12-10(14)9-13-7-3-8-17(13,15)16/h11H,2-9H2,1H3,(H,12,14). The minimum atomic E-state index is -3.16. The van der Waals surface area contributed by atoms with E-state index >= 15 is 0 Å². The van der Waals surface area contributed by atoms with Crippen LogP contribution in [0.4, 0.5) is 0 Å². The highest BCUT2D eigenvalue weighted by Gasteiger charge is 2.29. The van der Waals surface area contributed by atoms with Gasteiger partial charge in [0.2, 0.25) is 15.9 Å². The lowest BCUT2D eigenvalue weighted by atomic mass is 10.4. The molecule has 1 aliphatic heterocycles. The first-order valence-corrected chi connectivity index (χ1v) is 7.62. The predicted molar refractivity (Wildman–Crippen MR) is 66.1 cm³/mol. The summed E-state index contributed by atoms with van der Waals surface area (Å²) in [6.45, 7) is 4.67. The molecule has 17 heavy (non-hydrogen) atoms. The summed E-state index contributed by atoms with van der Waals surface area (Å²) in [6.07, 6.45) is 1.67. The van der Waals surface area contributed by atoms with Crippen molar-refractivity contribution in [2.45, 2.75) is 19.8 Å². The van der Waals surface area contributed by atoms with Crippen LogP contribution in [0.25, 0.3) is 0 Å². The first-order valence-electron chi connectivity index (χ1n) is 6.01. The van der Waals surface area contributed by atoms with E-state index in [1.54, 1.807) is 0 Å². The summed E-state index contributed by atoms with van der Waals surface area (Å²) in [5.41, 5.74) is 0. The fourth-order valence-corrected chi connectivity index (χ4v) is 3.15. The Morgan fingerprint density at radius 3 is 2.65 bits per heavy atom. The molecule has 7 heteroatoms. The lowest BCUT2D eigenvalue weighted by Crippen LogP contribution is -2.40. The molecule has 1 rings (SSSR count). The molecule has 0 unspecified atom stereocenters. The average molecular weight is 263 g/mol. The summed E-state index contributed by atoms with van der Waals surface area (Å²) in [7, 11) is -3.16. The third kappa shape index (κ3) is 5.01. The number of amides is 1. The summed E-state index contributed by atoms with van der Waals surface area (Å²) in [5.74, 6) is -0.0630. The number of carbonyl (C=O) groups is 1. The molecule has 1 saturated heterocycles. The van der Waals surface area contributed by atoms with Gasteiger partial charge < -0.3 is 10.6 Å². The SMILES string of the molecule is CCCNCCNC(=O)CN1CCCS1(=O)=O. The molecule has 0 spiro atoms. The molecule has 1 heterocycles. The predicted octanol–water partition coefficient (Wildman–Crippen LogP) is -0.862. The Balaban J connectivity index is 2.17. The molecule has 6 nitrogen and oxygen atoms in total. The van der Waals surface area contributed by atoms with E-state index in [0.717, 1.165) is 13.0 Å². The van der Waals surface area contributed by atoms with Crippen molar-refractivity contribution in [3.05, 3.63) is 0 Å². The van der Waals surface area contributed by atoms with E-state index in [2.05, 4.69) is 17.6 Å². The van der Waals surface area contributed by atoms with Crippen LogP contribution in [0.5, 0.6) is 0 Å². The summed E-state index contributed by atoms with van der Waals surface area (Å²) in [6, 6.07) is 0. The van der Waals surface area contributed by atoms with Gasteiger partial charge >= 0.3 is 0 Å². The Hall–Kier alpha value is -0.660. The molecule has 0 radical (unpaired) electrons. The van der Waals surface area contributed by atoms with Gasteiger partial charge in [-0.1, -0.05) is 6.92 Å². The van der Waals surface area contributed by atoms with Crippen molar-refractivity contribution in [1.29, 1.82) is 0 Å². The Bertz CT molecular complexity index is 343. The van der Waals surface area contributed by atoms with E-state index in [4.69, 9.17) is 0 Å². The van der Waals surface area contributed by atoms with E-state index in [0.29, 0.717) is 26.1 Å². The second-order valence-corrected chi connectivity index (χ2v) is 6.19. The summed E-state index contributed by atoms with van der Waals surface area (Å²) in [4.78, 5) is 11.5. The first kappa shape index (κ1) is 14.4. The number of nitrogens with one attached hydrogen (secondary N) is 2. The number of hydrogen-bond donors (Lipinski definition) is 2. The van der Waals surface area contributed by atoms with E-state index in [1.807, 2.05) is 0 Å². The second-order valence-electron chi connectivity index (χ2n) is 4.10. The zero-order valence-electron chi connectivity index (χ0n) is 10.2. The summed E-state index contributed by atoms with van der Waals surface area (Å²) < 4.78 is 24.1. The maximum Gasteiger partial charge on any atom is 0.235 e. The first-order chi connectivity index (χ1) is 8.06. The van der Waals surface area contributed by atoms with Gasteiger partial charge in [0.25, 0.3) is 0 Å². The Morgan fingerprint density at radius 2 is 2.06 bits per heavy atom. The minimum Gasteiger partial charge on any atom is -0.354 e. The van der Waals surface area contributed by atoms with Gasteiger partial charge in [-0.2, -0.15) is 4.31 Å². The molecule has 2 N–H and O–H groups in total. The van der Waals surface area contributed by atoms with Gasteiger partial charge in [-0.05, 0) is 19.4 Å².